The van der Waals surface area contributed by atoms with Crippen molar-refractivity contribution in [2.24, 2.45) is 0 Å². The summed E-state index contributed by atoms with van der Waals surface area (Å²) >= 11 is 0. The Morgan fingerprint density at radius 1 is 1.12 bits per heavy atom. The largest absolute Gasteiger partial charge is 0.342 e. The SMILES string of the molecule is Cc1ccccc1-n1cc(-c2ccnc(N3CCN(C)C(=O)C3)n2)cn1. The normalized spacial score (nSPS) is 14.8. The molecule has 1 aliphatic heterocycles. The number of hydrogen-bond donors (Lipinski definition) is 0. The first-order valence-corrected chi connectivity index (χ1v) is 8.55. The number of benzene rings is 1. The van der Waals surface area contributed by atoms with Crippen LogP contribution in [-0.4, -0.2) is 57.2 Å². The molecule has 132 valence electrons. The highest BCUT2D eigenvalue weighted by molar-refractivity contribution is 5.82. The number of carbonyl (C=O) groups excluding carboxylic acids is 1. The minimum Gasteiger partial charge on any atom is -0.342 e. The molecule has 26 heavy (non-hydrogen) atoms. The molecule has 0 unspecified atom stereocenters. The van der Waals surface area contributed by atoms with Crippen molar-refractivity contribution >= 4 is 11.9 Å². The molecular formula is C19H20N6O. The Morgan fingerprint density at radius 2 is 1.96 bits per heavy atom. The number of hydrogen-bond acceptors (Lipinski definition) is 5. The number of likely N-dealkylation sites (N-methyl/N-ethyl adjacent to an activating group) is 1. The number of para-hydroxylation sites is 1. The van der Waals surface area contributed by atoms with Crippen LogP contribution in [0.25, 0.3) is 16.9 Å². The Morgan fingerprint density at radius 3 is 2.77 bits per heavy atom. The first-order valence-electron chi connectivity index (χ1n) is 8.55. The third-order valence-electron chi connectivity index (χ3n) is 4.62. The van der Waals surface area contributed by atoms with Crippen LogP contribution < -0.4 is 4.90 Å². The summed E-state index contributed by atoms with van der Waals surface area (Å²) in [6.07, 6.45) is 5.49. The summed E-state index contributed by atoms with van der Waals surface area (Å²) in [7, 11) is 1.82. The molecule has 3 heterocycles. The molecule has 1 fully saturated rings. The van der Waals surface area contributed by atoms with Gasteiger partial charge in [-0.25, -0.2) is 14.6 Å². The Hall–Kier alpha value is -3.22. The van der Waals surface area contributed by atoms with Crippen molar-refractivity contribution in [3.05, 3.63) is 54.5 Å². The zero-order valence-electron chi connectivity index (χ0n) is 14.8. The van der Waals surface area contributed by atoms with E-state index in [1.807, 2.05) is 47.1 Å². The van der Waals surface area contributed by atoms with E-state index < -0.39 is 0 Å². The summed E-state index contributed by atoms with van der Waals surface area (Å²) in [6, 6.07) is 9.96. The van der Waals surface area contributed by atoms with Crippen LogP contribution in [-0.2, 0) is 4.79 Å². The number of anilines is 1. The molecule has 0 atom stereocenters. The molecule has 1 amide bonds. The van der Waals surface area contributed by atoms with Gasteiger partial charge < -0.3 is 9.80 Å². The van der Waals surface area contributed by atoms with Crippen LogP contribution in [0.2, 0.25) is 0 Å². The fourth-order valence-electron chi connectivity index (χ4n) is 3.00. The summed E-state index contributed by atoms with van der Waals surface area (Å²) in [5, 5.41) is 4.47. The van der Waals surface area contributed by atoms with Gasteiger partial charge in [-0.05, 0) is 24.6 Å². The number of piperazine rings is 1. The minimum atomic E-state index is 0.0811. The van der Waals surface area contributed by atoms with Crippen molar-refractivity contribution in [3.63, 3.8) is 0 Å². The van der Waals surface area contributed by atoms with E-state index >= 15 is 0 Å². The van der Waals surface area contributed by atoms with E-state index in [1.165, 1.54) is 0 Å². The molecule has 0 spiro atoms. The number of aromatic nitrogens is 4. The molecule has 2 aromatic heterocycles. The maximum absolute atomic E-state index is 11.9. The van der Waals surface area contributed by atoms with E-state index in [4.69, 9.17) is 0 Å². The second-order valence-corrected chi connectivity index (χ2v) is 6.44. The molecule has 4 rings (SSSR count). The first-order chi connectivity index (χ1) is 12.6. The van der Waals surface area contributed by atoms with E-state index in [0.717, 1.165) is 29.1 Å². The zero-order valence-corrected chi connectivity index (χ0v) is 14.8. The standard InChI is InChI=1S/C19H20N6O/c1-14-5-3-4-6-17(14)25-12-15(11-21-25)16-7-8-20-19(22-16)24-10-9-23(2)18(26)13-24/h3-8,11-12H,9-10,13H2,1-2H3. The zero-order chi connectivity index (χ0) is 18.1. The van der Waals surface area contributed by atoms with Gasteiger partial charge in [0.05, 0.1) is 24.1 Å². The summed E-state index contributed by atoms with van der Waals surface area (Å²) in [5.74, 6) is 0.658. The van der Waals surface area contributed by atoms with Crippen LogP contribution >= 0.6 is 0 Å². The maximum Gasteiger partial charge on any atom is 0.242 e. The smallest absolute Gasteiger partial charge is 0.242 e. The van der Waals surface area contributed by atoms with Gasteiger partial charge in [0, 0.05) is 38.1 Å². The second kappa shape index (κ2) is 6.59. The predicted molar refractivity (Wildman–Crippen MR) is 99.2 cm³/mol. The lowest BCUT2D eigenvalue weighted by molar-refractivity contribution is -0.129. The van der Waals surface area contributed by atoms with Crippen molar-refractivity contribution in [2.45, 2.75) is 6.92 Å². The van der Waals surface area contributed by atoms with Gasteiger partial charge in [-0.2, -0.15) is 5.10 Å². The van der Waals surface area contributed by atoms with Crippen molar-refractivity contribution in [3.8, 4) is 16.9 Å². The lowest BCUT2D eigenvalue weighted by Gasteiger charge is -2.31. The van der Waals surface area contributed by atoms with Crippen molar-refractivity contribution in [2.75, 3.05) is 31.6 Å². The highest BCUT2D eigenvalue weighted by Gasteiger charge is 2.23. The van der Waals surface area contributed by atoms with Crippen molar-refractivity contribution < 1.29 is 4.79 Å². The monoisotopic (exact) mass is 348 g/mol. The van der Waals surface area contributed by atoms with Gasteiger partial charge in [0.1, 0.15) is 0 Å². The molecule has 0 radical (unpaired) electrons. The van der Waals surface area contributed by atoms with Gasteiger partial charge in [-0.15, -0.1) is 0 Å². The number of carbonyl (C=O) groups is 1. The molecule has 7 nitrogen and oxygen atoms in total. The van der Waals surface area contributed by atoms with Crippen LogP contribution in [0.1, 0.15) is 5.56 Å². The predicted octanol–water partition coefficient (Wildman–Crippen LogP) is 1.92. The van der Waals surface area contributed by atoms with Gasteiger partial charge in [0.2, 0.25) is 11.9 Å². The highest BCUT2D eigenvalue weighted by atomic mass is 16.2. The third kappa shape index (κ3) is 3.03. The Bertz CT molecular complexity index is 950. The van der Waals surface area contributed by atoms with E-state index in [1.54, 1.807) is 17.3 Å². The molecule has 3 aromatic rings. The van der Waals surface area contributed by atoms with Crippen LogP contribution in [0.3, 0.4) is 0 Å². The molecule has 0 aliphatic carbocycles. The lowest BCUT2D eigenvalue weighted by atomic mass is 10.2. The van der Waals surface area contributed by atoms with E-state index in [9.17, 15) is 4.79 Å². The van der Waals surface area contributed by atoms with Gasteiger partial charge in [-0.3, -0.25) is 4.79 Å². The van der Waals surface area contributed by atoms with Crippen LogP contribution in [0.4, 0.5) is 5.95 Å². The molecular weight excluding hydrogens is 328 g/mol. The van der Waals surface area contributed by atoms with Gasteiger partial charge in [0.15, 0.2) is 0 Å². The van der Waals surface area contributed by atoms with E-state index in [-0.39, 0.29) is 5.91 Å². The molecule has 0 bridgehead atoms. The van der Waals surface area contributed by atoms with Crippen molar-refractivity contribution in [1.82, 2.24) is 24.6 Å². The number of amides is 1. The molecule has 1 saturated heterocycles. The first kappa shape index (κ1) is 16.3. The summed E-state index contributed by atoms with van der Waals surface area (Å²) < 4.78 is 1.85. The van der Waals surface area contributed by atoms with Crippen LogP contribution in [0.15, 0.2) is 48.9 Å². The molecule has 0 saturated carbocycles. The Balaban J connectivity index is 1.62. The quantitative estimate of drug-likeness (QED) is 0.723. The fraction of sp³-hybridized carbons (Fsp3) is 0.263. The highest BCUT2D eigenvalue weighted by Crippen LogP contribution is 2.21. The Kier molecular flexibility index (Phi) is 4.12. The average Bonchev–Trinajstić information content (AvgIpc) is 3.14. The second-order valence-electron chi connectivity index (χ2n) is 6.44. The van der Waals surface area contributed by atoms with E-state index in [2.05, 4.69) is 28.1 Å². The fourth-order valence-corrected chi connectivity index (χ4v) is 3.00. The third-order valence-corrected chi connectivity index (χ3v) is 4.62. The number of nitrogens with zero attached hydrogens (tertiary/aromatic N) is 6. The van der Waals surface area contributed by atoms with Crippen LogP contribution in [0.5, 0.6) is 0 Å². The summed E-state index contributed by atoms with van der Waals surface area (Å²) in [5.41, 5.74) is 3.90. The van der Waals surface area contributed by atoms with Crippen molar-refractivity contribution in [1.29, 1.82) is 0 Å². The molecule has 7 heteroatoms. The molecule has 1 aromatic carbocycles. The number of aryl methyl sites for hydroxylation is 1. The topological polar surface area (TPSA) is 67.2 Å². The maximum atomic E-state index is 11.9. The summed E-state index contributed by atoms with van der Waals surface area (Å²) in [6.45, 7) is 3.78. The van der Waals surface area contributed by atoms with Gasteiger partial charge >= 0.3 is 0 Å². The molecule has 1 aliphatic rings. The Labute approximate surface area is 151 Å². The average molecular weight is 348 g/mol. The minimum absolute atomic E-state index is 0.0811. The number of rotatable bonds is 3. The van der Waals surface area contributed by atoms with Gasteiger partial charge in [0.25, 0.3) is 0 Å². The van der Waals surface area contributed by atoms with Crippen LogP contribution in [0, 0.1) is 6.92 Å². The van der Waals surface area contributed by atoms with E-state index in [0.29, 0.717) is 19.0 Å². The summed E-state index contributed by atoms with van der Waals surface area (Å²) in [4.78, 5) is 24.6. The molecule has 0 N–H and O–H groups in total. The lowest BCUT2D eigenvalue weighted by Crippen LogP contribution is -2.49. The van der Waals surface area contributed by atoms with Gasteiger partial charge in [-0.1, -0.05) is 18.2 Å².